The van der Waals surface area contributed by atoms with Crippen LogP contribution >= 0.6 is 0 Å². The first-order chi connectivity index (χ1) is 10.2. The zero-order valence-electron chi connectivity index (χ0n) is 11.4. The Balaban J connectivity index is 1.95. The number of hydrogen-bond acceptors (Lipinski definition) is 7. The molecule has 0 saturated carbocycles. The van der Waals surface area contributed by atoms with Crippen molar-refractivity contribution in [1.29, 1.82) is 0 Å². The summed E-state index contributed by atoms with van der Waals surface area (Å²) in [6.07, 6.45) is 1.13. The molecule has 1 aromatic rings. The zero-order chi connectivity index (χ0) is 16.3. The predicted molar refractivity (Wildman–Crippen MR) is 70.1 cm³/mol. The van der Waals surface area contributed by atoms with Gasteiger partial charge in [-0.3, -0.25) is 9.78 Å². The van der Waals surface area contributed by atoms with E-state index in [1.165, 1.54) is 4.90 Å². The Labute approximate surface area is 125 Å². The lowest BCUT2D eigenvalue weighted by molar-refractivity contribution is 0.0914. The Morgan fingerprint density at radius 1 is 1.59 bits per heavy atom. The van der Waals surface area contributed by atoms with Crippen molar-refractivity contribution in [3.05, 3.63) is 24.0 Å². The summed E-state index contributed by atoms with van der Waals surface area (Å²) in [7, 11) is -3.63. The van der Waals surface area contributed by atoms with Crippen molar-refractivity contribution in [1.82, 2.24) is 15.2 Å². The number of nitrogens with zero attached hydrogens (tertiary/aromatic N) is 2. The molecule has 2 rings (SSSR count). The Hall–Kier alpha value is -2.43. The summed E-state index contributed by atoms with van der Waals surface area (Å²) in [6, 6.07) is 1.02. The summed E-state index contributed by atoms with van der Waals surface area (Å²) < 4.78 is 42.1. The van der Waals surface area contributed by atoms with Crippen LogP contribution in [0.25, 0.3) is 0 Å². The lowest BCUT2D eigenvalue weighted by atomic mass is 10.2. The highest BCUT2D eigenvalue weighted by molar-refractivity contribution is 7.81. The van der Waals surface area contributed by atoms with Crippen LogP contribution in [0.3, 0.4) is 0 Å². The molecule has 1 aliphatic heterocycles. The van der Waals surface area contributed by atoms with Gasteiger partial charge in [-0.15, -0.1) is 0 Å². The summed E-state index contributed by atoms with van der Waals surface area (Å²) in [6.45, 7) is 0.405. The van der Waals surface area contributed by atoms with Gasteiger partial charge in [0.2, 0.25) is 0 Å². The van der Waals surface area contributed by atoms with Gasteiger partial charge in [0.25, 0.3) is 5.91 Å². The number of ether oxygens (including phenoxy) is 1. The third-order valence-corrected chi connectivity index (χ3v) is 3.11. The molecule has 2 amide bonds. The molecule has 22 heavy (non-hydrogen) atoms. The Morgan fingerprint density at radius 2 is 2.32 bits per heavy atom. The van der Waals surface area contributed by atoms with E-state index in [1.807, 2.05) is 0 Å². The molecule has 0 unspecified atom stereocenters. The lowest BCUT2D eigenvalue weighted by Crippen LogP contribution is -2.34. The molecule has 1 aromatic heterocycles. The van der Waals surface area contributed by atoms with E-state index in [0.29, 0.717) is 6.54 Å². The van der Waals surface area contributed by atoms with Crippen LogP contribution in [-0.4, -0.2) is 56.5 Å². The van der Waals surface area contributed by atoms with Crippen LogP contribution in [0.5, 0.6) is 5.75 Å². The second-order valence-corrected chi connectivity index (χ2v) is 5.43. The average Bonchev–Trinajstić information content (AvgIpc) is 2.73. The van der Waals surface area contributed by atoms with Gasteiger partial charge in [0.05, 0.1) is 24.8 Å². The number of cyclic esters (lactones) is 1. The van der Waals surface area contributed by atoms with E-state index in [0.717, 1.165) is 18.5 Å². The fourth-order valence-corrected chi connectivity index (χ4v) is 2.09. The molecule has 1 N–H and O–H groups in total. The number of hydrogen-bond donors (Lipinski definition) is 1. The van der Waals surface area contributed by atoms with Crippen LogP contribution in [0, 0.1) is 0 Å². The monoisotopic (exact) mass is 333 g/mol. The summed E-state index contributed by atoms with van der Waals surface area (Å²) in [5.74, 6) is -1.03. The quantitative estimate of drug-likeness (QED) is 0.745. The van der Waals surface area contributed by atoms with Crippen molar-refractivity contribution >= 4 is 22.5 Å². The molecular weight excluding hydrogens is 321 g/mol. The molecule has 120 valence electrons. The standard InChI is InChI=1S/C11H12FN3O6S/c1-15-6-9(20-11(15)17)5-14-10(16)7-2-8(4-13-3-7)21-22(12,18)19/h2-4,9H,5-6H2,1H3,(H,14,16)/t9-/m1/s1. The molecule has 1 atom stereocenters. The molecule has 0 aromatic carbocycles. The fraction of sp³-hybridized carbons (Fsp3) is 0.364. The largest absolute Gasteiger partial charge is 0.488 e. The Bertz CT molecular complexity index is 695. The van der Waals surface area contributed by atoms with Crippen LogP contribution < -0.4 is 9.50 Å². The molecule has 0 aliphatic carbocycles. The van der Waals surface area contributed by atoms with Gasteiger partial charge >= 0.3 is 16.6 Å². The molecular formula is C11H12FN3O6S. The second kappa shape index (κ2) is 6.13. The summed E-state index contributed by atoms with van der Waals surface area (Å²) in [4.78, 5) is 28.0. The van der Waals surface area contributed by atoms with Gasteiger partial charge in [-0.2, -0.15) is 8.42 Å². The first-order valence-corrected chi connectivity index (χ1v) is 7.34. The number of halogens is 1. The normalized spacial score (nSPS) is 18.0. The lowest BCUT2D eigenvalue weighted by Gasteiger charge is -2.10. The number of likely N-dealkylation sites (N-methyl/N-ethyl adjacent to an activating group) is 1. The highest BCUT2D eigenvalue weighted by Crippen LogP contribution is 2.14. The van der Waals surface area contributed by atoms with Gasteiger partial charge in [-0.1, -0.05) is 3.89 Å². The van der Waals surface area contributed by atoms with Crippen molar-refractivity contribution < 1.29 is 30.8 Å². The summed E-state index contributed by atoms with van der Waals surface area (Å²) in [5, 5.41) is 2.49. The molecule has 0 spiro atoms. The van der Waals surface area contributed by atoms with Crippen molar-refractivity contribution in [2.45, 2.75) is 6.10 Å². The summed E-state index contributed by atoms with van der Waals surface area (Å²) >= 11 is 0. The van der Waals surface area contributed by atoms with Crippen LogP contribution in [0.2, 0.25) is 0 Å². The number of pyridine rings is 1. The SMILES string of the molecule is CN1C[C@@H](CNC(=O)c2cncc(OS(=O)(=O)F)c2)OC1=O. The molecule has 0 radical (unpaired) electrons. The van der Waals surface area contributed by atoms with Crippen LogP contribution in [0.1, 0.15) is 10.4 Å². The third kappa shape index (κ3) is 4.28. The van der Waals surface area contributed by atoms with Crippen LogP contribution in [-0.2, 0) is 15.2 Å². The van der Waals surface area contributed by atoms with Crippen LogP contribution in [0.15, 0.2) is 18.5 Å². The van der Waals surface area contributed by atoms with Gasteiger partial charge in [0.1, 0.15) is 6.10 Å². The number of carbonyl (C=O) groups is 2. The van der Waals surface area contributed by atoms with E-state index in [1.54, 1.807) is 7.05 Å². The van der Waals surface area contributed by atoms with Crippen molar-refractivity contribution in [3.8, 4) is 5.75 Å². The summed E-state index contributed by atoms with van der Waals surface area (Å²) in [5.41, 5.74) is -0.0289. The van der Waals surface area contributed by atoms with Gasteiger partial charge in [0, 0.05) is 13.2 Å². The predicted octanol–water partition coefficient (Wildman–Crippen LogP) is -0.145. The van der Waals surface area contributed by atoms with E-state index < -0.39 is 34.4 Å². The van der Waals surface area contributed by atoms with Gasteiger partial charge in [-0.05, 0) is 6.07 Å². The maximum atomic E-state index is 12.4. The number of rotatable bonds is 5. The smallest absolute Gasteiger partial charge is 0.442 e. The average molecular weight is 333 g/mol. The number of aromatic nitrogens is 1. The van der Waals surface area contributed by atoms with E-state index in [4.69, 9.17) is 4.74 Å². The van der Waals surface area contributed by atoms with Gasteiger partial charge in [-0.25, -0.2) is 4.79 Å². The first-order valence-electron chi connectivity index (χ1n) is 6.03. The molecule has 1 aliphatic rings. The highest BCUT2D eigenvalue weighted by atomic mass is 32.3. The fourth-order valence-electron chi connectivity index (χ4n) is 1.77. The van der Waals surface area contributed by atoms with Gasteiger partial charge < -0.3 is 19.1 Å². The molecule has 1 fully saturated rings. The maximum absolute atomic E-state index is 12.4. The minimum atomic E-state index is -5.19. The van der Waals surface area contributed by atoms with Crippen LogP contribution in [0.4, 0.5) is 8.68 Å². The minimum Gasteiger partial charge on any atom is -0.442 e. The molecule has 11 heteroatoms. The van der Waals surface area contributed by atoms with Crippen molar-refractivity contribution in [2.75, 3.05) is 20.1 Å². The third-order valence-electron chi connectivity index (χ3n) is 2.72. The molecule has 1 saturated heterocycles. The van der Waals surface area contributed by atoms with E-state index in [2.05, 4.69) is 14.5 Å². The van der Waals surface area contributed by atoms with E-state index in [9.17, 15) is 21.9 Å². The number of amides is 2. The van der Waals surface area contributed by atoms with Gasteiger partial charge in [0.15, 0.2) is 5.75 Å². The van der Waals surface area contributed by atoms with E-state index in [-0.39, 0.29) is 12.1 Å². The minimum absolute atomic E-state index is 0.0289. The zero-order valence-corrected chi connectivity index (χ0v) is 12.2. The Kier molecular flexibility index (Phi) is 4.45. The number of nitrogens with one attached hydrogen (secondary N) is 1. The maximum Gasteiger partial charge on any atom is 0.488 e. The van der Waals surface area contributed by atoms with E-state index >= 15 is 0 Å². The second-order valence-electron chi connectivity index (χ2n) is 4.48. The molecule has 0 bridgehead atoms. The molecule has 2 heterocycles. The highest BCUT2D eigenvalue weighted by Gasteiger charge is 2.28. The Morgan fingerprint density at radius 3 is 2.91 bits per heavy atom. The molecule has 9 nitrogen and oxygen atoms in total. The number of carbonyl (C=O) groups excluding carboxylic acids is 2. The van der Waals surface area contributed by atoms with Crippen molar-refractivity contribution in [3.63, 3.8) is 0 Å². The topological polar surface area (TPSA) is 115 Å². The first kappa shape index (κ1) is 15.9. The van der Waals surface area contributed by atoms with Crippen molar-refractivity contribution in [2.24, 2.45) is 0 Å².